The Balaban J connectivity index is 1.57. The van der Waals surface area contributed by atoms with Crippen LogP contribution in [0.5, 0.6) is 0 Å². The molecule has 9 nitrogen and oxygen atoms in total. The van der Waals surface area contributed by atoms with Gasteiger partial charge in [-0.05, 0) is 24.8 Å². The van der Waals surface area contributed by atoms with Crippen LogP contribution in [0.3, 0.4) is 0 Å². The number of H-pyrrole nitrogens is 1. The summed E-state index contributed by atoms with van der Waals surface area (Å²) >= 11 is 6.40. The maximum Gasteiger partial charge on any atom is 0.246 e. The van der Waals surface area contributed by atoms with Gasteiger partial charge in [0.05, 0.1) is 22.3 Å². The minimum absolute atomic E-state index is 0.0558. The summed E-state index contributed by atoms with van der Waals surface area (Å²) in [6.07, 6.45) is 8.58. The number of fused-ring (bicyclic) bond motifs is 1. The number of carbonyl (C=O) groups excluding carboxylic acids is 1. The molecule has 0 radical (unpaired) electrons. The standard InChI is InChI=1S/C21H27ClN8O/c1-4-17(31)29-7-5-6-14(11-29)25-20-18-16(22)9-23-19(18)27-21(28-20)26-15-8-24-30(12-15)10-13(2)3/h4,8-9,12-14H,1,5-7,10-11H2,2-3H3,(H3,23,25,26,27,28). The maximum absolute atomic E-state index is 12.0. The highest BCUT2D eigenvalue weighted by Crippen LogP contribution is 2.31. The van der Waals surface area contributed by atoms with Gasteiger partial charge in [0.2, 0.25) is 11.9 Å². The van der Waals surface area contributed by atoms with Crippen molar-refractivity contribution in [2.24, 2.45) is 5.92 Å². The van der Waals surface area contributed by atoms with Crippen LogP contribution in [0.25, 0.3) is 11.0 Å². The van der Waals surface area contributed by atoms with E-state index in [1.807, 2.05) is 10.9 Å². The van der Waals surface area contributed by atoms with Crippen molar-refractivity contribution >= 4 is 46.0 Å². The fourth-order valence-corrected chi connectivity index (χ4v) is 4.04. The lowest BCUT2D eigenvalue weighted by Crippen LogP contribution is -2.44. The second-order valence-corrected chi connectivity index (χ2v) is 8.61. The van der Waals surface area contributed by atoms with Crippen LogP contribution in [-0.4, -0.2) is 54.7 Å². The molecule has 0 aromatic carbocycles. The third-order valence-electron chi connectivity index (χ3n) is 5.17. The molecule has 164 valence electrons. The minimum Gasteiger partial charge on any atom is -0.365 e. The first-order valence-electron chi connectivity index (χ1n) is 10.4. The largest absolute Gasteiger partial charge is 0.365 e. The summed E-state index contributed by atoms with van der Waals surface area (Å²) in [5.41, 5.74) is 1.44. The number of carbonyl (C=O) groups is 1. The number of amides is 1. The van der Waals surface area contributed by atoms with Gasteiger partial charge in [0.15, 0.2) is 0 Å². The van der Waals surface area contributed by atoms with E-state index in [-0.39, 0.29) is 11.9 Å². The zero-order valence-corrected chi connectivity index (χ0v) is 18.5. The molecule has 1 atom stereocenters. The predicted molar refractivity (Wildman–Crippen MR) is 123 cm³/mol. The maximum atomic E-state index is 12.0. The van der Waals surface area contributed by atoms with Crippen molar-refractivity contribution in [3.63, 3.8) is 0 Å². The molecule has 0 aliphatic carbocycles. The lowest BCUT2D eigenvalue weighted by molar-refractivity contribution is -0.127. The zero-order valence-electron chi connectivity index (χ0n) is 17.7. The molecule has 0 spiro atoms. The average Bonchev–Trinajstić information content (AvgIpc) is 3.33. The Labute approximate surface area is 185 Å². The summed E-state index contributed by atoms with van der Waals surface area (Å²) in [6.45, 7) is 10.0. The Hall–Kier alpha value is -3.07. The number of piperidine rings is 1. The highest BCUT2D eigenvalue weighted by atomic mass is 35.5. The molecule has 3 N–H and O–H groups in total. The first-order chi connectivity index (χ1) is 14.9. The molecule has 1 saturated heterocycles. The molecule has 1 fully saturated rings. The summed E-state index contributed by atoms with van der Waals surface area (Å²) < 4.78 is 1.89. The second-order valence-electron chi connectivity index (χ2n) is 8.20. The second kappa shape index (κ2) is 8.97. The zero-order chi connectivity index (χ0) is 22.0. The van der Waals surface area contributed by atoms with Gasteiger partial charge >= 0.3 is 0 Å². The Morgan fingerprint density at radius 1 is 1.45 bits per heavy atom. The van der Waals surface area contributed by atoms with Crippen LogP contribution in [0, 0.1) is 5.92 Å². The molecule has 31 heavy (non-hydrogen) atoms. The molecule has 3 aromatic rings. The number of rotatable bonds is 7. The number of aromatic amines is 1. The first kappa shape index (κ1) is 21.2. The van der Waals surface area contributed by atoms with E-state index >= 15 is 0 Å². The summed E-state index contributed by atoms with van der Waals surface area (Å²) in [6, 6.07) is 0.0587. The van der Waals surface area contributed by atoms with E-state index in [1.54, 1.807) is 17.3 Å². The SMILES string of the molecule is C=CC(=O)N1CCCC(Nc2nc(Nc3cnn(CC(C)C)c3)nc3[nH]cc(Cl)c23)C1. The van der Waals surface area contributed by atoms with E-state index in [0.29, 0.717) is 34.9 Å². The van der Waals surface area contributed by atoms with Crippen molar-refractivity contribution in [1.29, 1.82) is 0 Å². The van der Waals surface area contributed by atoms with Crippen molar-refractivity contribution in [3.05, 3.63) is 36.3 Å². The molecule has 0 saturated carbocycles. The van der Waals surface area contributed by atoms with Crippen molar-refractivity contribution in [3.8, 4) is 0 Å². The Kier molecular flexibility index (Phi) is 6.13. The van der Waals surface area contributed by atoms with Gasteiger partial charge in [-0.2, -0.15) is 15.1 Å². The number of aromatic nitrogens is 5. The molecule has 1 aliphatic rings. The summed E-state index contributed by atoms with van der Waals surface area (Å²) in [5, 5.41) is 12.4. The Morgan fingerprint density at radius 3 is 3.06 bits per heavy atom. The van der Waals surface area contributed by atoms with Gasteiger partial charge in [0.25, 0.3) is 0 Å². The Morgan fingerprint density at radius 2 is 2.29 bits per heavy atom. The molecule has 1 amide bonds. The van der Waals surface area contributed by atoms with Crippen LogP contribution in [-0.2, 0) is 11.3 Å². The summed E-state index contributed by atoms with van der Waals surface area (Å²) in [5.74, 6) is 1.51. The molecule has 1 aliphatic heterocycles. The number of hydrogen-bond donors (Lipinski definition) is 3. The number of nitrogens with one attached hydrogen (secondary N) is 3. The fraction of sp³-hybridized carbons (Fsp3) is 0.429. The lowest BCUT2D eigenvalue weighted by Gasteiger charge is -2.33. The quantitative estimate of drug-likeness (QED) is 0.481. The number of nitrogens with zero attached hydrogens (tertiary/aromatic N) is 5. The van der Waals surface area contributed by atoms with Gasteiger partial charge in [0.1, 0.15) is 11.5 Å². The van der Waals surface area contributed by atoms with E-state index < -0.39 is 0 Å². The number of likely N-dealkylation sites (tertiary alicyclic amines) is 1. The molecule has 1 unspecified atom stereocenters. The fourth-order valence-electron chi connectivity index (χ4n) is 3.80. The predicted octanol–water partition coefficient (Wildman–Crippen LogP) is 3.80. The number of hydrogen-bond acceptors (Lipinski definition) is 6. The molecule has 4 rings (SSSR count). The minimum atomic E-state index is -0.0558. The van der Waals surface area contributed by atoms with Gasteiger partial charge in [-0.3, -0.25) is 9.48 Å². The van der Waals surface area contributed by atoms with Gasteiger partial charge in [0, 0.05) is 38.1 Å². The van der Waals surface area contributed by atoms with E-state index in [2.05, 4.69) is 51.1 Å². The van der Waals surface area contributed by atoms with Crippen LogP contribution in [0.4, 0.5) is 17.5 Å². The summed E-state index contributed by atoms with van der Waals surface area (Å²) in [7, 11) is 0. The van der Waals surface area contributed by atoms with E-state index in [9.17, 15) is 4.79 Å². The van der Waals surface area contributed by atoms with E-state index in [1.165, 1.54) is 6.08 Å². The Bertz CT molecular complexity index is 1090. The van der Waals surface area contributed by atoms with Crippen LogP contribution >= 0.6 is 11.6 Å². The smallest absolute Gasteiger partial charge is 0.246 e. The highest BCUT2D eigenvalue weighted by Gasteiger charge is 2.24. The molecule has 10 heteroatoms. The van der Waals surface area contributed by atoms with Gasteiger partial charge in [-0.25, -0.2) is 0 Å². The van der Waals surface area contributed by atoms with Crippen molar-refractivity contribution in [2.75, 3.05) is 23.7 Å². The normalized spacial score (nSPS) is 16.6. The third kappa shape index (κ3) is 4.82. The van der Waals surface area contributed by atoms with E-state index in [4.69, 9.17) is 11.6 Å². The molecule has 3 aromatic heterocycles. The van der Waals surface area contributed by atoms with Crippen molar-refractivity contribution in [1.82, 2.24) is 29.6 Å². The molecule has 4 heterocycles. The van der Waals surface area contributed by atoms with Crippen molar-refractivity contribution in [2.45, 2.75) is 39.3 Å². The van der Waals surface area contributed by atoms with Crippen LogP contribution in [0.15, 0.2) is 31.2 Å². The van der Waals surface area contributed by atoms with E-state index in [0.717, 1.165) is 37.0 Å². The summed E-state index contributed by atoms with van der Waals surface area (Å²) in [4.78, 5) is 26.2. The third-order valence-corrected chi connectivity index (χ3v) is 5.47. The average molecular weight is 443 g/mol. The van der Waals surface area contributed by atoms with Crippen LogP contribution in [0.1, 0.15) is 26.7 Å². The lowest BCUT2D eigenvalue weighted by atomic mass is 10.1. The molecular weight excluding hydrogens is 416 g/mol. The monoisotopic (exact) mass is 442 g/mol. The van der Waals surface area contributed by atoms with Gasteiger partial charge < -0.3 is 20.5 Å². The number of halogens is 1. The highest BCUT2D eigenvalue weighted by molar-refractivity contribution is 6.36. The topological polar surface area (TPSA) is 104 Å². The molecular formula is C21H27ClN8O. The van der Waals surface area contributed by atoms with Gasteiger partial charge in [-0.15, -0.1) is 0 Å². The number of anilines is 3. The first-order valence-corrected chi connectivity index (χ1v) is 10.8. The van der Waals surface area contributed by atoms with Crippen LogP contribution in [0.2, 0.25) is 5.02 Å². The van der Waals surface area contributed by atoms with Crippen LogP contribution < -0.4 is 10.6 Å². The van der Waals surface area contributed by atoms with Crippen molar-refractivity contribution < 1.29 is 4.79 Å². The van der Waals surface area contributed by atoms with Gasteiger partial charge in [-0.1, -0.05) is 32.0 Å². The molecule has 0 bridgehead atoms.